The van der Waals surface area contributed by atoms with E-state index in [-0.39, 0.29) is 23.0 Å². The summed E-state index contributed by atoms with van der Waals surface area (Å²) in [5.74, 6) is -0.971. The van der Waals surface area contributed by atoms with E-state index in [1.54, 1.807) is 30.2 Å². The number of para-hydroxylation sites is 1. The number of ether oxygens (including phenoxy) is 1. The molecule has 1 aliphatic rings. The Bertz CT molecular complexity index is 711. The fourth-order valence-corrected chi connectivity index (χ4v) is 2.39. The molecule has 2 rings (SSSR count). The van der Waals surface area contributed by atoms with Gasteiger partial charge in [0.1, 0.15) is 5.70 Å². The van der Waals surface area contributed by atoms with Crippen molar-refractivity contribution in [1.82, 2.24) is 10.2 Å². The van der Waals surface area contributed by atoms with Crippen LogP contribution in [0.4, 0.5) is 5.69 Å². The summed E-state index contributed by atoms with van der Waals surface area (Å²) in [7, 11) is 3.63. The van der Waals surface area contributed by atoms with Crippen LogP contribution < -0.4 is 10.2 Å². The predicted octanol–water partition coefficient (Wildman–Crippen LogP) is 1.80. The number of anilines is 1. The lowest BCUT2D eigenvalue weighted by molar-refractivity contribution is -0.138. The van der Waals surface area contributed by atoms with Crippen molar-refractivity contribution >= 4 is 34.9 Å². The van der Waals surface area contributed by atoms with Crippen LogP contribution in [0.5, 0.6) is 0 Å². The maximum Gasteiger partial charge on any atom is 0.340 e. The highest BCUT2D eigenvalue weighted by Gasteiger charge is 2.35. The Balaban J connectivity index is 2.45. The average Bonchev–Trinajstić information content (AvgIpc) is 2.83. The van der Waals surface area contributed by atoms with E-state index in [4.69, 9.17) is 17.0 Å². The van der Waals surface area contributed by atoms with Crippen LogP contribution in [-0.4, -0.2) is 42.6 Å². The van der Waals surface area contributed by atoms with Crippen LogP contribution >= 0.6 is 12.2 Å². The topological polar surface area (TPSA) is 61.9 Å². The molecule has 0 radical (unpaired) electrons. The lowest BCUT2D eigenvalue weighted by atomic mass is 10.2. The molecule has 24 heavy (non-hydrogen) atoms. The van der Waals surface area contributed by atoms with Gasteiger partial charge in [0.15, 0.2) is 5.11 Å². The molecule has 0 unspecified atom stereocenters. The molecule has 1 aromatic carbocycles. The summed E-state index contributed by atoms with van der Waals surface area (Å²) in [6, 6.07) is 9.01. The standard InChI is InChI=1S/C17H19N3O3S/c1-4-23-16(22)13(10-11-19(2)3)14-15(21)20(17(24)18-14)12-8-6-5-7-9-12/h5-11H,4H2,1-3H3,(H,18,24)/b11-10+,14-13+. The van der Waals surface area contributed by atoms with Gasteiger partial charge in [-0.15, -0.1) is 0 Å². The van der Waals surface area contributed by atoms with Gasteiger partial charge in [0.2, 0.25) is 0 Å². The average molecular weight is 345 g/mol. The molecule has 0 bridgehead atoms. The summed E-state index contributed by atoms with van der Waals surface area (Å²) in [5.41, 5.74) is 0.881. The Morgan fingerprint density at radius 3 is 2.58 bits per heavy atom. The van der Waals surface area contributed by atoms with Crippen LogP contribution in [0.25, 0.3) is 0 Å². The number of hydrogen-bond acceptors (Lipinski definition) is 5. The highest BCUT2D eigenvalue weighted by Crippen LogP contribution is 2.23. The van der Waals surface area contributed by atoms with E-state index in [1.807, 2.05) is 32.3 Å². The van der Waals surface area contributed by atoms with E-state index >= 15 is 0 Å². The molecule has 6 nitrogen and oxygen atoms in total. The van der Waals surface area contributed by atoms with Crippen LogP contribution in [0.15, 0.2) is 53.9 Å². The van der Waals surface area contributed by atoms with Crippen LogP contribution in [-0.2, 0) is 14.3 Å². The minimum atomic E-state index is -0.579. The SMILES string of the molecule is CCOC(=O)C(/C=C/N(C)C)=C1/NC(=S)N(c2ccccc2)C1=O. The van der Waals surface area contributed by atoms with Gasteiger partial charge in [-0.25, -0.2) is 4.79 Å². The molecule has 0 atom stereocenters. The third-order valence-electron chi connectivity index (χ3n) is 3.17. The first-order valence-electron chi connectivity index (χ1n) is 7.42. The highest BCUT2D eigenvalue weighted by molar-refractivity contribution is 7.80. The second kappa shape index (κ2) is 7.74. The smallest absolute Gasteiger partial charge is 0.340 e. The van der Waals surface area contributed by atoms with Crippen molar-refractivity contribution < 1.29 is 14.3 Å². The summed E-state index contributed by atoms with van der Waals surface area (Å²) < 4.78 is 5.05. The minimum absolute atomic E-state index is 0.111. The quantitative estimate of drug-likeness (QED) is 0.499. The zero-order valence-corrected chi connectivity index (χ0v) is 14.6. The Morgan fingerprint density at radius 2 is 2.00 bits per heavy atom. The monoisotopic (exact) mass is 345 g/mol. The van der Waals surface area contributed by atoms with E-state index in [9.17, 15) is 9.59 Å². The van der Waals surface area contributed by atoms with Crippen LogP contribution in [0.1, 0.15) is 6.92 Å². The molecule has 0 saturated carbocycles. The summed E-state index contributed by atoms with van der Waals surface area (Å²) in [6.07, 6.45) is 3.21. The van der Waals surface area contributed by atoms with Gasteiger partial charge in [0.25, 0.3) is 5.91 Å². The number of benzene rings is 1. The van der Waals surface area contributed by atoms with E-state index < -0.39 is 11.9 Å². The normalized spacial score (nSPS) is 16.4. The molecular weight excluding hydrogens is 326 g/mol. The summed E-state index contributed by atoms with van der Waals surface area (Å²) in [5, 5.41) is 3.06. The Hall–Kier alpha value is -2.67. The van der Waals surface area contributed by atoms with Gasteiger partial charge < -0.3 is 15.0 Å². The van der Waals surface area contributed by atoms with E-state index in [2.05, 4.69) is 5.32 Å². The second-order valence-electron chi connectivity index (χ2n) is 5.19. The van der Waals surface area contributed by atoms with Crippen molar-refractivity contribution in [2.24, 2.45) is 0 Å². The number of esters is 1. The van der Waals surface area contributed by atoms with Crippen molar-refractivity contribution in [3.05, 3.63) is 53.9 Å². The predicted molar refractivity (Wildman–Crippen MR) is 96.1 cm³/mol. The number of nitrogens with zero attached hydrogens (tertiary/aromatic N) is 2. The first-order valence-corrected chi connectivity index (χ1v) is 7.83. The molecule has 1 N–H and O–H groups in total. The number of hydrogen-bond donors (Lipinski definition) is 1. The largest absolute Gasteiger partial charge is 0.462 e. The van der Waals surface area contributed by atoms with Crippen molar-refractivity contribution in [2.75, 3.05) is 25.6 Å². The second-order valence-corrected chi connectivity index (χ2v) is 5.58. The maximum absolute atomic E-state index is 12.8. The van der Waals surface area contributed by atoms with Crippen molar-refractivity contribution in [3.8, 4) is 0 Å². The van der Waals surface area contributed by atoms with Gasteiger partial charge in [0.05, 0.1) is 17.9 Å². The molecule has 0 spiro atoms. The first kappa shape index (κ1) is 17.7. The van der Waals surface area contributed by atoms with E-state index in [1.165, 1.54) is 11.0 Å². The van der Waals surface area contributed by atoms with Crippen molar-refractivity contribution in [3.63, 3.8) is 0 Å². The molecule has 7 heteroatoms. The summed E-state index contributed by atoms with van der Waals surface area (Å²) in [6.45, 7) is 1.92. The Morgan fingerprint density at radius 1 is 1.33 bits per heavy atom. The van der Waals surface area contributed by atoms with Gasteiger partial charge in [-0.1, -0.05) is 18.2 Å². The number of carbonyl (C=O) groups excluding carboxylic acids is 2. The molecule has 1 aliphatic heterocycles. The number of amides is 1. The number of carbonyl (C=O) groups is 2. The fraction of sp³-hybridized carbons (Fsp3) is 0.235. The molecule has 1 amide bonds. The van der Waals surface area contributed by atoms with Gasteiger partial charge >= 0.3 is 5.97 Å². The van der Waals surface area contributed by atoms with Crippen LogP contribution in [0, 0.1) is 0 Å². The number of thiocarbonyl (C=S) groups is 1. The first-order chi connectivity index (χ1) is 11.5. The van der Waals surface area contributed by atoms with E-state index in [0.717, 1.165) is 0 Å². The van der Waals surface area contributed by atoms with Gasteiger partial charge in [0, 0.05) is 14.1 Å². The number of nitrogens with one attached hydrogen (secondary N) is 1. The van der Waals surface area contributed by atoms with Crippen LogP contribution in [0.3, 0.4) is 0 Å². The third kappa shape index (κ3) is 3.80. The Labute approximate surface area is 146 Å². The maximum atomic E-state index is 12.8. The molecule has 0 aliphatic carbocycles. The minimum Gasteiger partial charge on any atom is -0.462 e. The molecule has 1 saturated heterocycles. The summed E-state index contributed by atoms with van der Waals surface area (Å²) in [4.78, 5) is 28.1. The molecule has 126 valence electrons. The van der Waals surface area contributed by atoms with Crippen LogP contribution in [0.2, 0.25) is 0 Å². The fourth-order valence-electron chi connectivity index (χ4n) is 2.10. The molecular formula is C17H19N3O3S. The zero-order chi connectivity index (χ0) is 17.7. The lowest BCUT2D eigenvalue weighted by Gasteiger charge is -2.13. The Kier molecular flexibility index (Phi) is 5.70. The van der Waals surface area contributed by atoms with Gasteiger partial charge in [-0.2, -0.15) is 0 Å². The molecule has 1 heterocycles. The molecule has 1 aromatic rings. The number of rotatable bonds is 5. The molecule has 0 aromatic heterocycles. The van der Waals surface area contributed by atoms with Gasteiger partial charge in [-0.05, 0) is 43.6 Å². The van der Waals surface area contributed by atoms with Gasteiger partial charge in [-0.3, -0.25) is 9.69 Å². The highest BCUT2D eigenvalue weighted by atomic mass is 32.1. The zero-order valence-electron chi connectivity index (χ0n) is 13.8. The summed E-state index contributed by atoms with van der Waals surface area (Å²) >= 11 is 5.26. The molecule has 1 fully saturated rings. The third-order valence-corrected chi connectivity index (χ3v) is 3.46. The lowest BCUT2D eigenvalue weighted by Crippen LogP contribution is -2.30. The van der Waals surface area contributed by atoms with Crippen molar-refractivity contribution in [1.29, 1.82) is 0 Å². The van der Waals surface area contributed by atoms with Crippen molar-refractivity contribution in [2.45, 2.75) is 6.92 Å². The van der Waals surface area contributed by atoms with E-state index in [0.29, 0.717) is 5.69 Å².